The minimum Gasteiger partial charge on any atom is -0.364 e. The predicted octanol–water partition coefficient (Wildman–Crippen LogP) is 2.43. The van der Waals surface area contributed by atoms with Gasteiger partial charge in [0.05, 0.1) is 6.61 Å². The maximum atomic E-state index is 5.48. The third-order valence-electron chi connectivity index (χ3n) is 1.54. The first-order valence-corrected chi connectivity index (χ1v) is 4.82. The smallest absolute Gasteiger partial charge is 0.103 e. The van der Waals surface area contributed by atoms with E-state index in [1.165, 1.54) is 25.0 Å². The van der Waals surface area contributed by atoms with Crippen molar-refractivity contribution in [2.75, 3.05) is 12.4 Å². The molecular weight excluding hydrogens is 144 g/mol. The summed E-state index contributed by atoms with van der Waals surface area (Å²) in [5, 5.41) is 0. The Bertz CT molecular complexity index is 97.4. The molecule has 0 aromatic heterocycles. The minimum absolute atomic E-state index is 0.451. The van der Waals surface area contributed by atoms with Crippen molar-refractivity contribution in [1.82, 2.24) is 0 Å². The predicted molar refractivity (Wildman–Crippen MR) is 46.2 cm³/mol. The molecule has 1 rings (SSSR count). The van der Waals surface area contributed by atoms with Crippen LogP contribution in [0, 0.1) is 0 Å². The van der Waals surface area contributed by atoms with Crippen LogP contribution in [-0.4, -0.2) is 17.8 Å². The molecule has 1 heterocycles. The van der Waals surface area contributed by atoms with Crippen molar-refractivity contribution in [1.29, 1.82) is 0 Å². The van der Waals surface area contributed by atoms with E-state index in [4.69, 9.17) is 4.74 Å². The SMILES string of the molecule is C=CCOC1CCCCS1. The minimum atomic E-state index is 0.451. The van der Waals surface area contributed by atoms with Gasteiger partial charge in [0.15, 0.2) is 0 Å². The van der Waals surface area contributed by atoms with Crippen molar-refractivity contribution in [3.8, 4) is 0 Å². The summed E-state index contributed by atoms with van der Waals surface area (Å²) in [5.74, 6) is 1.27. The third kappa shape index (κ3) is 2.76. The quantitative estimate of drug-likeness (QED) is 0.583. The van der Waals surface area contributed by atoms with E-state index in [-0.39, 0.29) is 0 Å². The molecule has 2 heteroatoms. The lowest BCUT2D eigenvalue weighted by Crippen LogP contribution is -2.13. The van der Waals surface area contributed by atoms with Gasteiger partial charge in [-0.25, -0.2) is 0 Å². The molecule has 0 saturated carbocycles. The van der Waals surface area contributed by atoms with Gasteiger partial charge < -0.3 is 4.74 Å². The van der Waals surface area contributed by atoms with E-state index < -0.39 is 0 Å². The van der Waals surface area contributed by atoms with Crippen LogP contribution in [0.25, 0.3) is 0 Å². The Kier molecular flexibility index (Phi) is 3.91. The molecular formula is C8H14OS. The van der Waals surface area contributed by atoms with Crippen LogP contribution in [0.3, 0.4) is 0 Å². The highest BCUT2D eigenvalue weighted by molar-refractivity contribution is 7.99. The van der Waals surface area contributed by atoms with Crippen LogP contribution in [0.4, 0.5) is 0 Å². The molecule has 1 atom stereocenters. The summed E-state index contributed by atoms with van der Waals surface area (Å²) in [5.41, 5.74) is 0.451. The zero-order valence-electron chi connectivity index (χ0n) is 6.21. The summed E-state index contributed by atoms with van der Waals surface area (Å²) in [6.45, 7) is 4.32. The topological polar surface area (TPSA) is 9.23 Å². The number of rotatable bonds is 3. The van der Waals surface area contributed by atoms with Gasteiger partial charge >= 0.3 is 0 Å². The summed E-state index contributed by atoms with van der Waals surface area (Å²) < 4.78 is 5.48. The Morgan fingerprint density at radius 2 is 2.50 bits per heavy atom. The van der Waals surface area contributed by atoms with Gasteiger partial charge in [-0.1, -0.05) is 6.08 Å². The largest absolute Gasteiger partial charge is 0.364 e. The summed E-state index contributed by atoms with van der Waals surface area (Å²) in [6.07, 6.45) is 5.72. The Labute approximate surface area is 66.8 Å². The van der Waals surface area contributed by atoms with Crippen LogP contribution in [0.1, 0.15) is 19.3 Å². The van der Waals surface area contributed by atoms with E-state index in [1.807, 2.05) is 17.8 Å². The highest BCUT2D eigenvalue weighted by atomic mass is 32.2. The molecule has 0 radical (unpaired) electrons. The zero-order chi connectivity index (χ0) is 7.23. The lowest BCUT2D eigenvalue weighted by molar-refractivity contribution is 0.128. The Balaban J connectivity index is 2.07. The summed E-state index contributed by atoms with van der Waals surface area (Å²) in [7, 11) is 0. The highest BCUT2D eigenvalue weighted by Gasteiger charge is 2.12. The van der Waals surface area contributed by atoms with Crippen LogP contribution in [0.5, 0.6) is 0 Å². The van der Waals surface area contributed by atoms with Gasteiger partial charge in [-0.3, -0.25) is 0 Å². The lowest BCUT2D eigenvalue weighted by Gasteiger charge is -2.20. The molecule has 1 fully saturated rings. The second kappa shape index (κ2) is 4.80. The standard InChI is InChI=1S/C8H14OS/c1-2-6-9-8-5-3-4-7-10-8/h2,8H,1,3-7H2. The van der Waals surface area contributed by atoms with Gasteiger partial charge in [-0.05, 0) is 25.0 Å². The van der Waals surface area contributed by atoms with Crippen LogP contribution in [-0.2, 0) is 4.74 Å². The van der Waals surface area contributed by atoms with Gasteiger partial charge in [-0.15, -0.1) is 18.3 Å². The second-order valence-corrected chi connectivity index (χ2v) is 3.69. The molecule has 1 nitrogen and oxygen atoms in total. The Hall–Kier alpha value is 0.0500. The fourth-order valence-corrected chi connectivity index (χ4v) is 2.16. The van der Waals surface area contributed by atoms with Crippen molar-refractivity contribution in [3.05, 3.63) is 12.7 Å². The van der Waals surface area contributed by atoms with Crippen LogP contribution >= 0.6 is 11.8 Å². The molecule has 0 bridgehead atoms. The van der Waals surface area contributed by atoms with Crippen molar-refractivity contribution in [2.24, 2.45) is 0 Å². The number of ether oxygens (including phenoxy) is 1. The van der Waals surface area contributed by atoms with E-state index >= 15 is 0 Å². The average Bonchev–Trinajstić information content (AvgIpc) is 2.03. The van der Waals surface area contributed by atoms with Crippen molar-refractivity contribution >= 4 is 11.8 Å². The monoisotopic (exact) mass is 158 g/mol. The normalized spacial score (nSPS) is 26.2. The Morgan fingerprint density at radius 1 is 1.60 bits per heavy atom. The van der Waals surface area contributed by atoms with E-state index in [9.17, 15) is 0 Å². The number of hydrogen-bond acceptors (Lipinski definition) is 2. The molecule has 1 unspecified atom stereocenters. The number of thioether (sulfide) groups is 1. The molecule has 0 N–H and O–H groups in total. The van der Waals surface area contributed by atoms with Gasteiger partial charge in [0.25, 0.3) is 0 Å². The molecule has 0 aromatic rings. The molecule has 0 amide bonds. The maximum Gasteiger partial charge on any atom is 0.103 e. The number of hydrogen-bond donors (Lipinski definition) is 0. The molecule has 1 saturated heterocycles. The highest BCUT2D eigenvalue weighted by Crippen LogP contribution is 2.25. The van der Waals surface area contributed by atoms with Crippen molar-refractivity contribution in [3.63, 3.8) is 0 Å². The van der Waals surface area contributed by atoms with E-state index in [2.05, 4.69) is 6.58 Å². The summed E-state index contributed by atoms with van der Waals surface area (Å²) >= 11 is 1.93. The molecule has 0 aromatic carbocycles. The molecule has 0 spiro atoms. The first-order chi connectivity index (χ1) is 4.93. The van der Waals surface area contributed by atoms with Gasteiger partial charge in [0, 0.05) is 0 Å². The van der Waals surface area contributed by atoms with Crippen molar-refractivity contribution in [2.45, 2.75) is 24.7 Å². The lowest BCUT2D eigenvalue weighted by atomic mass is 10.2. The van der Waals surface area contributed by atoms with Gasteiger partial charge in [0.2, 0.25) is 0 Å². The summed E-state index contributed by atoms with van der Waals surface area (Å²) in [6, 6.07) is 0. The van der Waals surface area contributed by atoms with Crippen LogP contribution in [0.15, 0.2) is 12.7 Å². The maximum absolute atomic E-state index is 5.48. The molecule has 10 heavy (non-hydrogen) atoms. The van der Waals surface area contributed by atoms with E-state index in [1.54, 1.807) is 0 Å². The fraction of sp³-hybridized carbons (Fsp3) is 0.750. The first-order valence-electron chi connectivity index (χ1n) is 3.77. The van der Waals surface area contributed by atoms with Crippen LogP contribution < -0.4 is 0 Å². The van der Waals surface area contributed by atoms with Crippen molar-refractivity contribution < 1.29 is 4.74 Å². The molecule has 1 aliphatic heterocycles. The van der Waals surface area contributed by atoms with Crippen LogP contribution in [0.2, 0.25) is 0 Å². The molecule has 1 aliphatic rings. The molecule has 0 aliphatic carbocycles. The van der Waals surface area contributed by atoms with Gasteiger partial charge in [-0.2, -0.15) is 0 Å². The average molecular weight is 158 g/mol. The first kappa shape index (κ1) is 8.15. The summed E-state index contributed by atoms with van der Waals surface area (Å²) in [4.78, 5) is 0. The second-order valence-electron chi connectivity index (χ2n) is 2.42. The Morgan fingerprint density at radius 3 is 3.10 bits per heavy atom. The van der Waals surface area contributed by atoms with E-state index in [0.717, 1.165) is 0 Å². The zero-order valence-corrected chi connectivity index (χ0v) is 7.03. The molecule has 58 valence electrons. The van der Waals surface area contributed by atoms with Gasteiger partial charge in [0.1, 0.15) is 5.44 Å². The fourth-order valence-electron chi connectivity index (χ4n) is 1.02. The van der Waals surface area contributed by atoms with E-state index in [0.29, 0.717) is 12.0 Å². The third-order valence-corrected chi connectivity index (χ3v) is 2.81.